The van der Waals surface area contributed by atoms with E-state index in [1.807, 2.05) is 11.0 Å². The van der Waals surface area contributed by atoms with E-state index >= 15 is 0 Å². The van der Waals surface area contributed by atoms with Crippen molar-refractivity contribution in [2.75, 3.05) is 20.3 Å². The summed E-state index contributed by atoms with van der Waals surface area (Å²) in [4.78, 5) is 2.04. The molecule has 3 rings (SSSR count). The molecule has 125 valence electrons. The van der Waals surface area contributed by atoms with E-state index in [-0.39, 0.29) is 18.4 Å². The van der Waals surface area contributed by atoms with Crippen LogP contribution in [0.4, 0.5) is 0 Å². The first-order valence-corrected chi connectivity index (χ1v) is 7.85. The van der Waals surface area contributed by atoms with Gasteiger partial charge in [0.25, 0.3) is 0 Å². The Labute approximate surface area is 152 Å². The minimum Gasteiger partial charge on any atom is -0.493 e. The van der Waals surface area contributed by atoms with Crippen LogP contribution in [0.5, 0.6) is 11.5 Å². The molecule has 0 aliphatic carbocycles. The van der Waals surface area contributed by atoms with Gasteiger partial charge in [0.15, 0.2) is 16.6 Å². The minimum atomic E-state index is 0. The predicted octanol–water partition coefficient (Wildman–Crippen LogP) is 2.47. The summed E-state index contributed by atoms with van der Waals surface area (Å²) in [6, 6.07) is 3.76. The summed E-state index contributed by atoms with van der Waals surface area (Å²) in [6.07, 6.45) is 3.30. The van der Waals surface area contributed by atoms with Crippen molar-refractivity contribution in [2.45, 2.75) is 18.9 Å². The minimum absolute atomic E-state index is 0. The molecule has 2 N–H and O–H groups in total. The Balaban J connectivity index is 0.00000192. The van der Waals surface area contributed by atoms with Crippen LogP contribution in [0.3, 0.4) is 0 Å². The van der Waals surface area contributed by atoms with E-state index in [4.69, 9.17) is 39.0 Å². The van der Waals surface area contributed by atoms with Crippen LogP contribution in [0.1, 0.15) is 12.0 Å². The maximum atomic E-state index is 6.15. The molecule has 1 aromatic carbocycles. The highest BCUT2D eigenvalue weighted by Gasteiger charge is 2.33. The van der Waals surface area contributed by atoms with Gasteiger partial charge in [0.05, 0.1) is 13.2 Å². The smallest absolute Gasteiger partial charge is 0.200 e. The number of nitrogens with two attached hydrogens (primary N) is 1. The van der Waals surface area contributed by atoms with Crippen molar-refractivity contribution in [3.8, 4) is 11.5 Å². The fourth-order valence-corrected chi connectivity index (χ4v) is 3.40. The van der Waals surface area contributed by atoms with Crippen LogP contribution in [-0.4, -0.2) is 36.3 Å². The number of halogens is 2. The summed E-state index contributed by atoms with van der Waals surface area (Å²) in [6.45, 7) is 1.08. The molecule has 0 unspecified atom stereocenters. The first kappa shape index (κ1) is 18.1. The second-order valence-electron chi connectivity index (χ2n) is 5.21. The summed E-state index contributed by atoms with van der Waals surface area (Å²) >= 11 is 11.5. The summed E-state index contributed by atoms with van der Waals surface area (Å²) in [7, 11) is 1.61. The molecule has 0 saturated heterocycles. The van der Waals surface area contributed by atoms with Gasteiger partial charge >= 0.3 is 0 Å². The maximum Gasteiger partial charge on any atom is 0.200 e. The van der Waals surface area contributed by atoms with E-state index in [2.05, 4.69) is 5.32 Å². The van der Waals surface area contributed by atoms with Gasteiger partial charge in [-0.2, -0.15) is 0 Å². The summed E-state index contributed by atoms with van der Waals surface area (Å²) in [5.41, 5.74) is 7.72. The number of benzene rings is 1. The van der Waals surface area contributed by atoms with Gasteiger partial charge in [-0.05, 0) is 24.8 Å². The second-order valence-corrected chi connectivity index (χ2v) is 6.01. The highest BCUT2D eigenvalue weighted by molar-refractivity contribution is 7.80. The Bertz CT molecular complexity index is 639. The number of nitrogens with zero attached hydrogens (tertiary/aromatic N) is 2. The van der Waals surface area contributed by atoms with Crippen molar-refractivity contribution >= 4 is 41.3 Å². The SMILES string of the molecule is COc1cc(Cl)cc2c1OC[C@H](N1C(=S)[N]C=C1CCN)C2.Cl. The van der Waals surface area contributed by atoms with E-state index in [1.54, 1.807) is 19.4 Å². The van der Waals surface area contributed by atoms with Crippen LogP contribution in [0.15, 0.2) is 24.0 Å². The Hall–Kier alpha value is -1.21. The highest BCUT2D eigenvalue weighted by atomic mass is 35.5. The Kier molecular flexibility index (Phi) is 5.97. The van der Waals surface area contributed by atoms with Gasteiger partial charge in [0.1, 0.15) is 6.61 Å². The van der Waals surface area contributed by atoms with Crippen LogP contribution in [0.25, 0.3) is 0 Å². The first-order valence-electron chi connectivity index (χ1n) is 7.06. The van der Waals surface area contributed by atoms with Crippen LogP contribution >= 0.6 is 36.2 Å². The average molecular weight is 375 g/mol. The number of fused-ring (bicyclic) bond motifs is 1. The van der Waals surface area contributed by atoms with Crippen molar-refractivity contribution in [1.29, 1.82) is 0 Å². The molecular weight excluding hydrogens is 357 g/mol. The maximum absolute atomic E-state index is 6.15. The fraction of sp³-hybridized carbons (Fsp3) is 0.400. The molecule has 1 radical (unpaired) electrons. The molecule has 0 bridgehead atoms. The number of ether oxygens (including phenoxy) is 2. The van der Waals surface area contributed by atoms with E-state index in [0.29, 0.717) is 29.0 Å². The lowest BCUT2D eigenvalue weighted by Crippen LogP contribution is -2.44. The quantitative estimate of drug-likeness (QED) is 0.820. The molecule has 2 aliphatic rings. The molecular formula is C15H18Cl2N3O2S. The molecule has 1 aromatic rings. The number of methoxy groups -OCH3 is 1. The fourth-order valence-electron chi connectivity index (χ4n) is 2.85. The molecule has 0 aromatic heterocycles. The third-order valence-corrected chi connectivity index (χ3v) is 4.32. The molecule has 0 amide bonds. The van der Waals surface area contributed by atoms with Crippen LogP contribution in [0, 0.1) is 0 Å². The van der Waals surface area contributed by atoms with Gasteiger partial charge in [-0.1, -0.05) is 11.6 Å². The van der Waals surface area contributed by atoms with E-state index in [1.165, 1.54) is 0 Å². The number of hydrogen-bond acceptors (Lipinski definition) is 4. The van der Waals surface area contributed by atoms with E-state index in [9.17, 15) is 0 Å². The second kappa shape index (κ2) is 7.57. The molecule has 2 aliphatic heterocycles. The van der Waals surface area contributed by atoms with Crippen molar-refractivity contribution in [3.63, 3.8) is 0 Å². The highest BCUT2D eigenvalue weighted by Crippen LogP contribution is 2.39. The number of thiocarbonyl (C=S) groups is 1. The van der Waals surface area contributed by atoms with Crippen molar-refractivity contribution < 1.29 is 9.47 Å². The number of rotatable bonds is 4. The van der Waals surface area contributed by atoms with E-state index < -0.39 is 0 Å². The molecule has 0 fully saturated rings. The summed E-state index contributed by atoms with van der Waals surface area (Å²) in [5, 5.41) is 5.43. The Morgan fingerprint density at radius 3 is 3.00 bits per heavy atom. The zero-order valence-electron chi connectivity index (χ0n) is 12.6. The normalized spacial score (nSPS) is 19.3. The third-order valence-electron chi connectivity index (χ3n) is 3.80. The van der Waals surface area contributed by atoms with Crippen molar-refractivity contribution in [1.82, 2.24) is 10.2 Å². The molecule has 0 saturated carbocycles. The van der Waals surface area contributed by atoms with Gasteiger partial charge < -0.3 is 20.1 Å². The van der Waals surface area contributed by atoms with Crippen LogP contribution in [-0.2, 0) is 6.42 Å². The van der Waals surface area contributed by atoms with Crippen molar-refractivity contribution in [3.05, 3.63) is 34.6 Å². The first-order chi connectivity index (χ1) is 10.6. The van der Waals surface area contributed by atoms with E-state index in [0.717, 1.165) is 29.9 Å². The average Bonchev–Trinajstić information content (AvgIpc) is 2.87. The van der Waals surface area contributed by atoms with Gasteiger partial charge in [0.2, 0.25) is 0 Å². The molecule has 23 heavy (non-hydrogen) atoms. The van der Waals surface area contributed by atoms with Gasteiger partial charge in [-0.3, -0.25) is 0 Å². The van der Waals surface area contributed by atoms with Gasteiger partial charge in [-0.25, -0.2) is 5.32 Å². The Morgan fingerprint density at radius 2 is 2.30 bits per heavy atom. The number of hydrogen-bond donors (Lipinski definition) is 1. The predicted molar refractivity (Wildman–Crippen MR) is 96.6 cm³/mol. The lowest BCUT2D eigenvalue weighted by atomic mass is 10.0. The zero-order chi connectivity index (χ0) is 15.7. The molecule has 8 heteroatoms. The molecule has 0 spiro atoms. The lowest BCUT2D eigenvalue weighted by Gasteiger charge is -2.34. The van der Waals surface area contributed by atoms with Crippen LogP contribution < -0.4 is 20.5 Å². The third kappa shape index (κ3) is 3.50. The Morgan fingerprint density at radius 1 is 1.52 bits per heavy atom. The summed E-state index contributed by atoms with van der Waals surface area (Å²) < 4.78 is 11.3. The van der Waals surface area contributed by atoms with Gasteiger partial charge in [0, 0.05) is 41.4 Å². The molecule has 5 nitrogen and oxygen atoms in total. The standard InChI is InChI=1S/C15H17ClN3O2S.ClH/c1-20-13-6-10(16)4-9-5-12(8-21-14(9)13)19-11(2-3-17)7-18-15(19)22;/h4,6-7,12H,2-3,5,8,17H2,1H3;1H/t12-;/m1./s1. The van der Waals surface area contributed by atoms with Crippen LogP contribution in [0.2, 0.25) is 5.02 Å². The molecule has 2 heterocycles. The summed E-state index contributed by atoms with van der Waals surface area (Å²) in [5.74, 6) is 1.42. The van der Waals surface area contributed by atoms with Gasteiger partial charge in [-0.15, -0.1) is 12.4 Å². The zero-order valence-corrected chi connectivity index (χ0v) is 15.0. The monoisotopic (exact) mass is 374 g/mol. The molecule has 1 atom stereocenters. The largest absolute Gasteiger partial charge is 0.493 e. The lowest BCUT2D eigenvalue weighted by molar-refractivity contribution is 0.189. The topological polar surface area (TPSA) is 61.8 Å². The van der Waals surface area contributed by atoms with Crippen molar-refractivity contribution in [2.24, 2.45) is 5.73 Å².